The zero-order valence-corrected chi connectivity index (χ0v) is 28.1. The molecule has 2 atom stereocenters. The number of nitrogens with zero attached hydrogens (tertiary/aromatic N) is 9. The number of anilines is 1. The highest BCUT2D eigenvalue weighted by Gasteiger charge is 2.42. The fraction of sp³-hybridized carbons (Fsp3) is 0.514. The standard InChI is InChI=1S/C37H45N9O2/c1-42-30-16-31(42)24-43(23-30)14-15-48-32-17-33(36-29(18-38)21-41-46(36)25-32)28-5-6-34(39-20-28)45-12-9-37(10-13-45)8-3-11-44(26-37)22-27-4-7-35(47-2)40-19-27/h4-7,17,19-21,25,30-31H,3,8-16,22-24,26H2,1-2H3. The van der Waals surface area contributed by atoms with E-state index in [0.717, 1.165) is 80.6 Å². The van der Waals surface area contributed by atoms with Gasteiger partial charge in [0.25, 0.3) is 0 Å². The smallest absolute Gasteiger partial charge is 0.212 e. The van der Waals surface area contributed by atoms with Crippen LogP contribution in [0.5, 0.6) is 11.6 Å². The lowest BCUT2D eigenvalue weighted by Gasteiger charge is -2.54. The van der Waals surface area contributed by atoms with Crippen molar-refractivity contribution in [1.29, 1.82) is 5.26 Å². The van der Waals surface area contributed by atoms with Gasteiger partial charge in [0.15, 0.2) is 0 Å². The van der Waals surface area contributed by atoms with Crippen LogP contribution >= 0.6 is 0 Å². The number of fused-ring (bicyclic) bond motifs is 3. The summed E-state index contributed by atoms with van der Waals surface area (Å²) >= 11 is 0. The summed E-state index contributed by atoms with van der Waals surface area (Å²) in [4.78, 5) is 19.4. The lowest BCUT2D eigenvalue weighted by Crippen LogP contribution is -2.67. The van der Waals surface area contributed by atoms with Crippen LogP contribution < -0.4 is 14.4 Å². The molecule has 11 heteroatoms. The van der Waals surface area contributed by atoms with E-state index in [0.29, 0.717) is 35.5 Å². The topological polar surface area (TPSA) is 98.3 Å². The zero-order valence-electron chi connectivity index (χ0n) is 28.1. The third-order valence-corrected chi connectivity index (χ3v) is 11.4. The molecular formula is C37H45N9O2. The molecule has 2 bridgehead atoms. The van der Waals surface area contributed by atoms with Gasteiger partial charge in [-0.3, -0.25) is 14.7 Å². The Hall–Kier alpha value is -4.24. The average Bonchev–Trinajstić information content (AvgIpc) is 3.55. The van der Waals surface area contributed by atoms with Gasteiger partial charge in [-0.2, -0.15) is 10.4 Å². The van der Waals surface area contributed by atoms with E-state index in [-0.39, 0.29) is 0 Å². The molecule has 5 saturated heterocycles. The number of aromatic nitrogens is 4. The molecule has 0 radical (unpaired) electrons. The summed E-state index contributed by atoms with van der Waals surface area (Å²) < 4.78 is 13.3. The Bertz CT molecular complexity index is 1760. The molecule has 9 heterocycles. The number of piperazine rings is 1. The van der Waals surface area contributed by atoms with E-state index in [4.69, 9.17) is 14.5 Å². The molecule has 5 aliphatic heterocycles. The van der Waals surface area contributed by atoms with Crippen LogP contribution in [0.15, 0.2) is 55.1 Å². The van der Waals surface area contributed by atoms with Gasteiger partial charge in [-0.05, 0) is 74.9 Å². The van der Waals surface area contributed by atoms with Crippen molar-refractivity contribution in [3.63, 3.8) is 0 Å². The number of piperidine rings is 3. The highest BCUT2D eigenvalue weighted by atomic mass is 16.5. The van der Waals surface area contributed by atoms with Crippen LogP contribution in [0.2, 0.25) is 0 Å². The van der Waals surface area contributed by atoms with Crippen molar-refractivity contribution in [2.75, 3.05) is 71.5 Å². The Kier molecular flexibility index (Phi) is 8.41. The zero-order chi connectivity index (χ0) is 32.7. The average molecular weight is 648 g/mol. The Balaban J connectivity index is 0.917. The maximum absolute atomic E-state index is 9.85. The predicted octanol–water partition coefficient (Wildman–Crippen LogP) is 4.32. The summed E-state index contributed by atoms with van der Waals surface area (Å²) in [6.07, 6.45) is 13.6. The molecule has 2 unspecified atom stereocenters. The number of ether oxygens (including phenoxy) is 2. The number of nitriles is 1. The van der Waals surface area contributed by atoms with Crippen molar-refractivity contribution in [2.24, 2.45) is 5.41 Å². The first-order chi connectivity index (χ1) is 23.5. The number of methoxy groups -OCH3 is 1. The van der Waals surface area contributed by atoms with Gasteiger partial charge < -0.3 is 14.4 Å². The van der Waals surface area contributed by atoms with Crippen LogP contribution in [0.3, 0.4) is 0 Å². The van der Waals surface area contributed by atoms with Gasteiger partial charge in [0.05, 0.1) is 30.6 Å². The van der Waals surface area contributed by atoms with Gasteiger partial charge in [-0.25, -0.2) is 14.5 Å². The normalized spacial score (nSPS) is 22.8. The molecule has 11 nitrogen and oxygen atoms in total. The molecular weight excluding hydrogens is 602 g/mol. The largest absolute Gasteiger partial charge is 0.491 e. The summed E-state index contributed by atoms with van der Waals surface area (Å²) in [6.45, 7) is 8.98. The van der Waals surface area contributed by atoms with Crippen molar-refractivity contribution >= 4 is 11.3 Å². The number of pyridine rings is 3. The molecule has 9 rings (SSSR count). The predicted molar refractivity (Wildman–Crippen MR) is 184 cm³/mol. The minimum Gasteiger partial charge on any atom is -0.491 e. The summed E-state index contributed by atoms with van der Waals surface area (Å²) in [7, 11) is 3.89. The third kappa shape index (κ3) is 6.09. The highest BCUT2D eigenvalue weighted by molar-refractivity contribution is 5.85. The van der Waals surface area contributed by atoms with Crippen LogP contribution in [-0.2, 0) is 6.54 Å². The second-order valence-corrected chi connectivity index (χ2v) is 14.3. The minimum atomic E-state index is 0.362. The number of likely N-dealkylation sites (N-methyl/N-ethyl adjacent to an activating group) is 1. The van der Waals surface area contributed by atoms with E-state index in [1.165, 1.54) is 37.7 Å². The minimum absolute atomic E-state index is 0.362. The lowest BCUT2D eigenvalue weighted by atomic mass is 9.72. The van der Waals surface area contributed by atoms with Gasteiger partial charge >= 0.3 is 0 Å². The number of hydrogen-bond donors (Lipinski definition) is 0. The summed E-state index contributed by atoms with van der Waals surface area (Å²) in [5.74, 6) is 2.42. The van der Waals surface area contributed by atoms with E-state index in [2.05, 4.69) is 61.0 Å². The fourth-order valence-electron chi connectivity index (χ4n) is 8.52. The Morgan fingerprint density at radius 2 is 1.83 bits per heavy atom. The van der Waals surface area contributed by atoms with Crippen molar-refractivity contribution in [1.82, 2.24) is 34.3 Å². The maximum atomic E-state index is 9.85. The molecule has 1 spiro atoms. The molecule has 4 aromatic rings. The third-order valence-electron chi connectivity index (χ3n) is 11.4. The molecule has 0 aliphatic carbocycles. The van der Waals surface area contributed by atoms with E-state index in [1.807, 2.05) is 30.7 Å². The van der Waals surface area contributed by atoms with Crippen molar-refractivity contribution in [3.8, 4) is 28.8 Å². The van der Waals surface area contributed by atoms with Crippen molar-refractivity contribution in [2.45, 2.75) is 50.7 Å². The Morgan fingerprint density at radius 3 is 2.54 bits per heavy atom. The van der Waals surface area contributed by atoms with Gasteiger partial charge in [-0.15, -0.1) is 0 Å². The van der Waals surface area contributed by atoms with Gasteiger partial charge in [-0.1, -0.05) is 6.07 Å². The second kappa shape index (κ2) is 13.0. The van der Waals surface area contributed by atoms with E-state index in [9.17, 15) is 5.26 Å². The molecule has 5 aliphatic rings. The highest BCUT2D eigenvalue weighted by Crippen LogP contribution is 2.41. The lowest BCUT2D eigenvalue weighted by molar-refractivity contribution is -0.0529. The first-order valence-corrected chi connectivity index (χ1v) is 17.4. The molecule has 0 N–H and O–H groups in total. The van der Waals surface area contributed by atoms with E-state index < -0.39 is 0 Å². The number of hydrogen-bond acceptors (Lipinski definition) is 10. The summed E-state index contributed by atoms with van der Waals surface area (Å²) in [6, 6.07) is 14.1. The van der Waals surface area contributed by atoms with Crippen LogP contribution in [0.1, 0.15) is 43.2 Å². The van der Waals surface area contributed by atoms with Crippen molar-refractivity contribution < 1.29 is 9.47 Å². The second-order valence-electron chi connectivity index (χ2n) is 14.3. The molecule has 4 aromatic heterocycles. The summed E-state index contributed by atoms with van der Waals surface area (Å²) in [5, 5.41) is 14.3. The van der Waals surface area contributed by atoms with Crippen molar-refractivity contribution in [3.05, 3.63) is 66.2 Å². The van der Waals surface area contributed by atoms with Crippen LogP contribution in [-0.4, -0.2) is 113 Å². The summed E-state index contributed by atoms with van der Waals surface area (Å²) in [5.41, 5.74) is 4.79. The molecule has 0 amide bonds. The molecule has 5 fully saturated rings. The van der Waals surface area contributed by atoms with E-state index >= 15 is 0 Å². The fourth-order valence-corrected chi connectivity index (χ4v) is 8.52. The van der Waals surface area contributed by atoms with Crippen LogP contribution in [0.25, 0.3) is 16.6 Å². The van der Waals surface area contributed by atoms with Crippen LogP contribution in [0.4, 0.5) is 5.82 Å². The van der Waals surface area contributed by atoms with E-state index in [1.54, 1.807) is 17.8 Å². The first kappa shape index (κ1) is 31.1. The van der Waals surface area contributed by atoms with Gasteiger partial charge in [0, 0.05) is 87.5 Å². The quantitative estimate of drug-likeness (QED) is 0.261. The van der Waals surface area contributed by atoms with Gasteiger partial charge in [0.1, 0.15) is 24.2 Å². The maximum Gasteiger partial charge on any atom is 0.212 e. The number of likely N-dealkylation sites (tertiary alicyclic amines) is 1. The number of rotatable bonds is 9. The van der Waals surface area contributed by atoms with Crippen LogP contribution in [0, 0.1) is 16.7 Å². The SMILES string of the molecule is COc1ccc(CN2CCCC3(CCN(c4ccc(-c5cc(OCCN6CC7CC(C6)N7C)cn6ncc(C#N)c56)cn4)CC3)C2)cn1. The first-order valence-electron chi connectivity index (χ1n) is 17.4. The van der Waals surface area contributed by atoms with Gasteiger partial charge in [0.2, 0.25) is 5.88 Å². The molecule has 48 heavy (non-hydrogen) atoms. The molecule has 0 aromatic carbocycles. The monoisotopic (exact) mass is 647 g/mol. The Labute approximate surface area is 282 Å². The molecule has 0 saturated carbocycles. The molecule has 250 valence electrons. The Morgan fingerprint density at radius 1 is 0.979 bits per heavy atom.